The molecule has 1 aliphatic rings. The molecule has 0 radical (unpaired) electrons. The van der Waals surface area contributed by atoms with E-state index in [0.717, 1.165) is 23.1 Å². The van der Waals surface area contributed by atoms with Gasteiger partial charge in [-0.15, -0.1) is 0 Å². The van der Waals surface area contributed by atoms with Crippen LogP contribution in [0.1, 0.15) is 35.4 Å². The number of hydrogen-bond acceptors (Lipinski definition) is 4. The average molecular weight is 277 g/mol. The first kappa shape index (κ1) is 15.0. The monoisotopic (exact) mass is 277 g/mol. The first-order valence-corrected chi connectivity index (χ1v) is 6.93. The van der Waals surface area contributed by atoms with Crippen molar-refractivity contribution in [2.75, 3.05) is 0 Å². The molecule has 0 saturated carbocycles. The molecule has 5 N–H and O–H groups in total. The minimum absolute atomic E-state index is 0.0225. The lowest BCUT2D eigenvalue weighted by molar-refractivity contribution is -0.139. The molecule has 0 saturated heterocycles. The van der Waals surface area contributed by atoms with Crippen LogP contribution in [-0.4, -0.2) is 28.2 Å². The number of hydrogen-bond donors (Lipinski definition) is 4. The average Bonchev–Trinajstić information content (AvgIpc) is 2.75. The minimum atomic E-state index is -1.31. The van der Waals surface area contributed by atoms with Gasteiger partial charge in [-0.2, -0.15) is 0 Å². The summed E-state index contributed by atoms with van der Waals surface area (Å²) < 4.78 is 0. The molecule has 0 aliphatic heterocycles. The molecule has 2 atom stereocenters. The normalized spacial score (nSPS) is 20.8. The molecular formula is C14H20BNO4. The van der Waals surface area contributed by atoms with Gasteiger partial charge in [0, 0.05) is 6.54 Å². The minimum Gasteiger partial charge on any atom is -0.481 e. The highest BCUT2D eigenvalue weighted by Gasteiger charge is 2.37. The molecule has 0 heterocycles. The van der Waals surface area contributed by atoms with Gasteiger partial charge in [-0.05, 0) is 41.8 Å². The Morgan fingerprint density at radius 1 is 1.40 bits per heavy atom. The number of carbonyl (C=O) groups is 1. The number of carboxylic acid groups (broad SMARTS) is 1. The summed E-state index contributed by atoms with van der Waals surface area (Å²) in [4.78, 5) is 11.5. The van der Waals surface area contributed by atoms with Crippen molar-refractivity contribution in [2.24, 2.45) is 11.7 Å². The van der Waals surface area contributed by atoms with Crippen LogP contribution < -0.4 is 5.73 Å². The second-order valence-corrected chi connectivity index (χ2v) is 5.43. The van der Waals surface area contributed by atoms with E-state index in [1.165, 1.54) is 0 Å². The maximum Gasteiger partial charge on any atom is 0.451 e. The Morgan fingerprint density at radius 2 is 2.15 bits per heavy atom. The van der Waals surface area contributed by atoms with Crippen LogP contribution in [0.2, 0.25) is 6.32 Å². The number of fused-ring (bicyclic) bond motifs is 1. The second-order valence-electron chi connectivity index (χ2n) is 5.43. The standard InChI is InChI=1S/C14H20BNO4/c16-8-9-3-4-10-7-11(2-1-5-15(19)20)13(14(17)18)12(10)6-9/h3-4,6,11,13,19-20H,1-2,5,7-8,16H2,(H,17,18)/t11-,13-/m0/s1. The van der Waals surface area contributed by atoms with Crippen molar-refractivity contribution in [3.8, 4) is 0 Å². The summed E-state index contributed by atoms with van der Waals surface area (Å²) in [6, 6.07) is 5.81. The topological polar surface area (TPSA) is 104 Å². The van der Waals surface area contributed by atoms with E-state index < -0.39 is 19.0 Å². The fraction of sp³-hybridized carbons (Fsp3) is 0.500. The largest absolute Gasteiger partial charge is 0.481 e. The van der Waals surface area contributed by atoms with E-state index in [4.69, 9.17) is 15.8 Å². The van der Waals surface area contributed by atoms with E-state index in [0.29, 0.717) is 19.4 Å². The lowest BCUT2D eigenvalue weighted by Gasteiger charge is -2.16. The van der Waals surface area contributed by atoms with Gasteiger partial charge in [0.2, 0.25) is 0 Å². The molecule has 0 fully saturated rings. The summed E-state index contributed by atoms with van der Waals surface area (Å²) in [5, 5.41) is 27.2. The SMILES string of the molecule is NCc1ccc2c(c1)[C@@H](C(=O)O)[C@@H](CCCB(O)O)C2. The van der Waals surface area contributed by atoms with E-state index in [1.807, 2.05) is 18.2 Å². The summed E-state index contributed by atoms with van der Waals surface area (Å²) in [6.45, 7) is 0.404. The summed E-state index contributed by atoms with van der Waals surface area (Å²) in [5.41, 5.74) is 8.50. The van der Waals surface area contributed by atoms with Crippen LogP contribution in [0.25, 0.3) is 0 Å². The third-order valence-corrected chi connectivity index (χ3v) is 4.04. The molecule has 5 nitrogen and oxygen atoms in total. The molecule has 0 unspecified atom stereocenters. The smallest absolute Gasteiger partial charge is 0.451 e. The third kappa shape index (κ3) is 3.20. The van der Waals surface area contributed by atoms with Crippen LogP contribution in [-0.2, 0) is 17.8 Å². The molecule has 2 rings (SSSR count). The number of aliphatic carboxylic acids is 1. The molecule has 1 aromatic carbocycles. The van der Waals surface area contributed by atoms with Crippen molar-refractivity contribution < 1.29 is 19.9 Å². The number of benzene rings is 1. The third-order valence-electron chi connectivity index (χ3n) is 4.04. The first-order chi connectivity index (χ1) is 9.52. The lowest BCUT2D eigenvalue weighted by Crippen LogP contribution is -2.18. The van der Waals surface area contributed by atoms with Gasteiger partial charge in [0.05, 0.1) is 5.92 Å². The van der Waals surface area contributed by atoms with Gasteiger partial charge in [-0.25, -0.2) is 0 Å². The zero-order valence-corrected chi connectivity index (χ0v) is 11.3. The van der Waals surface area contributed by atoms with Gasteiger partial charge in [0.1, 0.15) is 0 Å². The summed E-state index contributed by atoms with van der Waals surface area (Å²) in [6.07, 6.45) is 2.32. The van der Waals surface area contributed by atoms with Crippen molar-refractivity contribution >= 4 is 13.1 Å². The Balaban J connectivity index is 2.14. The Bertz CT molecular complexity index is 492. The molecule has 6 heteroatoms. The molecule has 20 heavy (non-hydrogen) atoms. The quantitative estimate of drug-likeness (QED) is 0.574. The maximum atomic E-state index is 11.5. The summed E-state index contributed by atoms with van der Waals surface area (Å²) in [7, 11) is -1.31. The summed E-state index contributed by atoms with van der Waals surface area (Å²) in [5.74, 6) is -1.30. The highest BCUT2D eigenvalue weighted by molar-refractivity contribution is 6.40. The van der Waals surface area contributed by atoms with Gasteiger partial charge >= 0.3 is 13.1 Å². The van der Waals surface area contributed by atoms with Crippen LogP contribution >= 0.6 is 0 Å². The van der Waals surface area contributed by atoms with Crippen LogP contribution in [0.5, 0.6) is 0 Å². The molecule has 1 aliphatic carbocycles. The molecule has 1 aromatic rings. The zero-order valence-electron chi connectivity index (χ0n) is 11.3. The predicted molar refractivity (Wildman–Crippen MR) is 76.1 cm³/mol. The van der Waals surface area contributed by atoms with Gasteiger partial charge in [-0.3, -0.25) is 4.79 Å². The van der Waals surface area contributed by atoms with Gasteiger partial charge < -0.3 is 20.9 Å². The van der Waals surface area contributed by atoms with Gasteiger partial charge in [-0.1, -0.05) is 24.6 Å². The number of carboxylic acids is 1. The Morgan fingerprint density at radius 3 is 2.75 bits per heavy atom. The van der Waals surface area contributed by atoms with E-state index in [2.05, 4.69) is 0 Å². The molecule has 0 spiro atoms. The molecular weight excluding hydrogens is 257 g/mol. The lowest BCUT2D eigenvalue weighted by atomic mass is 9.80. The van der Waals surface area contributed by atoms with E-state index in [9.17, 15) is 9.90 Å². The zero-order chi connectivity index (χ0) is 14.7. The second kappa shape index (κ2) is 6.39. The van der Waals surface area contributed by atoms with Gasteiger partial charge in [0.25, 0.3) is 0 Å². The highest BCUT2D eigenvalue weighted by atomic mass is 16.4. The van der Waals surface area contributed by atoms with E-state index in [-0.39, 0.29) is 12.2 Å². The van der Waals surface area contributed by atoms with Crippen molar-refractivity contribution in [1.82, 2.24) is 0 Å². The Kier molecular flexibility index (Phi) is 4.80. The van der Waals surface area contributed by atoms with Crippen molar-refractivity contribution in [3.63, 3.8) is 0 Å². The number of nitrogens with two attached hydrogens (primary N) is 1. The Hall–Kier alpha value is -1.37. The number of rotatable bonds is 6. The van der Waals surface area contributed by atoms with Crippen LogP contribution in [0.15, 0.2) is 18.2 Å². The van der Waals surface area contributed by atoms with Crippen molar-refractivity contribution in [1.29, 1.82) is 0 Å². The highest BCUT2D eigenvalue weighted by Crippen LogP contribution is 2.41. The van der Waals surface area contributed by atoms with Crippen molar-refractivity contribution in [3.05, 3.63) is 34.9 Å². The molecule has 0 amide bonds. The van der Waals surface area contributed by atoms with E-state index in [1.54, 1.807) is 0 Å². The van der Waals surface area contributed by atoms with E-state index >= 15 is 0 Å². The molecule has 0 bridgehead atoms. The van der Waals surface area contributed by atoms with Gasteiger partial charge in [0.15, 0.2) is 0 Å². The van der Waals surface area contributed by atoms with Crippen LogP contribution in [0.4, 0.5) is 0 Å². The maximum absolute atomic E-state index is 11.5. The fourth-order valence-corrected chi connectivity index (χ4v) is 3.07. The van der Waals surface area contributed by atoms with Crippen molar-refractivity contribution in [2.45, 2.75) is 38.0 Å². The molecule has 108 valence electrons. The predicted octanol–water partition coefficient (Wildman–Crippen LogP) is 0.739. The Labute approximate surface area is 118 Å². The van der Waals surface area contributed by atoms with Crippen LogP contribution in [0.3, 0.4) is 0 Å². The molecule has 0 aromatic heterocycles. The summed E-state index contributed by atoms with van der Waals surface area (Å²) >= 11 is 0. The fourth-order valence-electron chi connectivity index (χ4n) is 3.07. The first-order valence-electron chi connectivity index (χ1n) is 6.93. The van der Waals surface area contributed by atoms with Crippen LogP contribution in [0, 0.1) is 5.92 Å².